The molecule has 2 aromatic carbocycles. The number of benzene rings is 2. The van der Waals surface area contributed by atoms with Gasteiger partial charge in [0.25, 0.3) is 5.09 Å². The first-order valence-electron chi connectivity index (χ1n) is 12.2. The fourth-order valence-corrected chi connectivity index (χ4v) is 3.16. The van der Waals surface area contributed by atoms with Gasteiger partial charge in [-0.15, -0.1) is 10.1 Å². The van der Waals surface area contributed by atoms with Crippen molar-refractivity contribution in [3.05, 3.63) is 52.1 Å². The minimum absolute atomic E-state index is 0.00150. The molecule has 1 unspecified atom stereocenters. The quantitative estimate of drug-likeness (QED) is 0.0655. The Balaban J connectivity index is 1.82. The molecule has 0 radical (unpaired) electrons. The largest absolute Gasteiger partial charge is 0.467 e. The zero-order chi connectivity index (χ0) is 30.2. The van der Waals surface area contributed by atoms with Crippen molar-refractivity contribution in [1.82, 2.24) is 0 Å². The van der Waals surface area contributed by atoms with Gasteiger partial charge in [0.15, 0.2) is 13.2 Å². The molecule has 222 valence electrons. The maximum atomic E-state index is 12.5. The Morgan fingerprint density at radius 1 is 0.780 bits per heavy atom. The summed E-state index contributed by atoms with van der Waals surface area (Å²) >= 11 is 0. The number of methoxy groups -OCH3 is 1. The third-order valence-corrected chi connectivity index (χ3v) is 5.27. The number of esters is 5. The second-order valence-corrected chi connectivity index (χ2v) is 8.29. The van der Waals surface area contributed by atoms with E-state index < -0.39 is 67.3 Å². The topological polar surface area (TPSA) is 193 Å². The van der Waals surface area contributed by atoms with Crippen LogP contribution < -0.4 is 4.74 Å². The zero-order valence-electron chi connectivity index (χ0n) is 22.4. The van der Waals surface area contributed by atoms with Crippen LogP contribution in [0.5, 0.6) is 5.75 Å². The lowest BCUT2D eigenvalue weighted by Gasteiger charge is -2.13. The van der Waals surface area contributed by atoms with Crippen LogP contribution >= 0.6 is 0 Å². The van der Waals surface area contributed by atoms with Crippen molar-refractivity contribution in [2.24, 2.45) is 0 Å². The highest BCUT2D eigenvalue weighted by molar-refractivity contribution is 5.88. The highest BCUT2D eigenvalue weighted by Gasteiger charge is 2.19. The minimum atomic E-state index is -0.908. The zero-order valence-corrected chi connectivity index (χ0v) is 22.4. The van der Waals surface area contributed by atoms with Crippen LogP contribution in [-0.2, 0) is 52.5 Å². The van der Waals surface area contributed by atoms with Crippen LogP contribution in [0.1, 0.15) is 31.2 Å². The van der Waals surface area contributed by atoms with Crippen LogP contribution in [0.3, 0.4) is 0 Å². The molecule has 0 heterocycles. The van der Waals surface area contributed by atoms with E-state index in [1.165, 1.54) is 7.11 Å². The van der Waals surface area contributed by atoms with Gasteiger partial charge in [0.2, 0.25) is 0 Å². The smallest absolute Gasteiger partial charge is 0.349 e. The Morgan fingerprint density at radius 3 is 2.17 bits per heavy atom. The molecule has 1 atom stereocenters. The number of hydrogen-bond acceptors (Lipinski definition) is 14. The molecule has 2 aromatic rings. The molecular weight excluding hydrogens is 550 g/mol. The summed E-state index contributed by atoms with van der Waals surface area (Å²) in [4.78, 5) is 73.0. The Labute approximate surface area is 233 Å². The summed E-state index contributed by atoms with van der Waals surface area (Å²) in [6, 6.07) is 9.96. The molecule has 0 spiro atoms. The molecular formula is C26H29NO14. The fourth-order valence-electron chi connectivity index (χ4n) is 3.16. The van der Waals surface area contributed by atoms with E-state index in [-0.39, 0.29) is 19.0 Å². The van der Waals surface area contributed by atoms with Crippen molar-refractivity contribution in [3.8, 4) is 5.75 Å². The van der Waals surface area contributed by atoms with Gasteiger partial charge in [-0.2, -0.15) is 0 Å². The highest BCUT2D eigenvalue weighted by atomic mass is 16.9. The predicted octanol–water partition coefficient (Wildman–Crippen LogP) is 1.66. The van der Waals surface area contributed by atoms with Gasteiger partial charge in [-0.05, 0) is 48.2 Å². The Hall–Kier alpha value is -4.79. The van der Waals surface area contributed by atoms with Crippen molar-refractivity contribution in [2.75, 3.05) is 46.8 Å². The Bertz CT molecular complexity index is 1240. The van der Waals surface area contributed by atoms with Gasteiger partial charge < -0.3 is 33.3 Å². The molecule has 0 bridgehead atoms. The van der Waals surface area contributed by atoms with Gasteiger partial charge in [-0.3, -0.25) is 4.79 Å². The molecule has 0 saturated carbocycles. The fraction of sp³-hybridized carbons (Fsp3) is 0.423. The first-order chi connectivity index (χ1) is 19.6. The maximum Gasteiger partial charge on any atom is 0.349 e. The normalized spacial score (nSPS) is 11.2. The summed E-state index contributed by atoms with van der Waals surface area (Å²) in [5.74, 6) is -4.39. The highest BCUT2D eigenvalue weighted by Crippen LogP contribution is 2.26. The van der Waals surface area contributed by atoms with Crippen LogP contribution in [-0.4, -0.2) is 81.7 Å². The Morgan fingerprint density at radius 2 is 1.44 bits per heavy atom. The number of nitrogens with zero attached hydrogens (tertiary/aromatic N) is 1. The third kappa shape index (κ3) is 12.3. The molecule has 0 aliphatic carbocycles. The molecule has 0 fully saturated rings. The number of ether oxygens (including phenoxy) is 6. The van der Waals surface area contributed by atoms with Crippen LogP contribution in [0.4, 0.5) is 0 Å². The van der Waals surface area contributed by atoms with Gasteiger partial charge in [-0.25, -0.2) is 19.2 Å². The van der Waals surface area contributed by atoms with Crippen molar-refractivity contribution in [3.63, 3.8) is 0 Å². The summed E-state index contributed by atoms with van der Waals surface area (Å²) in [5, 5.41) is 10.6. The number of hydrogen-bond donors (Lipinski definition) is 0. The van der Waals surface area contributed by atoms with Gasteiger partial charge >= 0.3 is 29.8 Å². The average Bonchev–Trinajstić information content (AvgIpc) is 2.95. The van der Waals surface area contributed by atoms with E-state index in [4.69, 9.17) is 23.7 Å². The number of rotatable bonds is 17. The molecule has 41 heavy (non-hydrogen) atoms. The summed E-state index contributed by atoms with van der Waals surface area (Å²) in [5.41, 5.74) is 0.575. The number of unbranched alkanes of at least 4 members (excludes halogenated alkanes) is 1. The maximum absolute atomic E-state index is 12.5. The summed E-state index contributed by atoms with van der Waals surface area (Å²) in [6.07, 6.45) is 0.660. The molecule has 0 N–H and O–H groups in total. The molecule has 0 aliphatic rings. The van der Waals surface area contributed by atoms with Gasteiger partial charge in [0.05, 0.1) is 26.2 Å². The molecule has 0 aromatic heterocycles. The average molecular weight is 580 g/mol. The van der Waals surface area contributed by atoms with Crippen LogP contribution in [0.2, 0.25) is 0 Å². The second-order valence-electron chi connectivity index (χ2n) is 8.29. The monoisotopic (exact) mass is 579 g/mol. The van der Waals surface area contributed by atoms with Crippen molar-refractivity contribution in [2.45, 2.75) is 25.7 Å². The summed E-state index contributed by atoms with van der Waals surface area (Å²) < 4.78 is 29.0. The van der Waals surface area contributed by atoms with Gasteiger partial charge in [0, 0.05) is 0 Å². The lowest BCUT2D eigenvalue weighted by molar-refractivity contribution is -0.757. The number of carbonyl (C=O) groups excluding carboxylic acids is 5. The SMILES string of the molecule is COC(=O)COCC(=O)OCC(=O)Oc1ccc2ccc(C(C)C(=O)OCC(=O)OCCCCO[N+](=O)[O-])cc2c1. The lowest BCUT2D eigenvalue weighted by atomic mass is 9.98. The van der Waals surface area contributed by atoms with E-state index in [1.54, 1.807) is 43.3 Å². The van der Waals surface area contributed by atoms with E-state index in [0.29, 0.717) is 23.8 Å². The number of carbonyl (C=O) groups is 5. The third-order valence-electron chi connectivity index (χ3n) is 5.27. The molecule has 15 nitrogen and oxygen atoms in total. The van der Waals surface area contributed by atoms with Crippen molar-refractivity contribution in [1.29, 1.82) is 0 Å². The van der Waals surface area contributed by atoms with E-state index in [1.807, 2.05) is 0 Å². The second kappa shape index (κ2) is 17.0. The Kier molecular flexibility index (Phi) is 13.5. The lowest BCUT2D eigenvalue weighted by Crippen LogP contribution is -2.22. The molecule has 0 aliphatic heterocycles. The van der Waals surface area contributed by atoms with Gasteiger partial charge in [-0.1, -0.05) is 24.3 Å². The number of fused-ring (bicyclic) bond motifs is 1. The van der Waals surface area contributed by atoms with E-state index >= 15 is 0 Å². The van der Waals surface area contributed by atoms with Crippen LogP contribution in [0.15, 0.2) is 36.4 Å². The van der Waals surface area contributed by atoms with Crippen LogP contribution in [0, 0.1) is 10.1 Å². The molecule has 0 amide bonds. The predicted molar refractivity (Wildman–Crippen MR) is 136 cm³/mol. The standard InChI is InChI=1S/C26H29NO14/c1-17(26(32)39-15-24(30)37-9-3-4-10-40-27(33)34)19-6-5-18-7-8-21(12-20(18)11-19)41-25(31)16-38-23(29)14-36-13-22(28)35-2/h5-8,11-12,17H,3-4,9-10,13-16H2,1-2H3. The summed E-state index contributed by atoms with van der Waals surface area (Å²) in [6.45, 7) is -0.781. The van der Waals surface area contributed by atoms with Crippen LogP contribution in [0.25, 0.3) is 10.8 Å². The van der Waals surface area contributed by atoms with E-state index in [2.05, 4.69) is 9.57 Å². The van der Waals surface area contributed by atoms with E-state index in [0.717, 1.165) is 5.39 Å². The van der Waals surface area contributed by atoms with Crippen molar-refractivity contribution < 1.29 is 62.3 Å². The van der Waals surface area contributed by atoms with Gasteiger partial charge in [0.1, 0.15) is 19.0 Å². The minimum Gasteiger partial charge on any atom is -0.467 e. The molecule has 15 heteroatoms. The van der Waals surface area contributed by atoms with E-state index in [9.17, 15) is 34.1 Å². The van der Waals surface area contributed by atoms with Crippen molar-refractivity contribution >= 4 is 40.6 Å². The first kappa shape index (κ1) is 32.4. The molecule has 2 rings (SSSR count). The summed E-state index contributed by atoms with van der Waals surface area (Å²) in [7, 11) is 1.17. The molecule has 0 saturated heterocycles. The first-order valence-corrected chi connectivity index (χ1v) is 12.2.